The lowest BCUT2D eigenvalue weighted by atomic mass is 9.95. The molecule has 1 atom stereocenters. The van der Waals surface area contributed by atoms with Gasteiger partial charge in [0.15, 0.2) is 0 Å². The highest BCUT2D eigenvalue weighted by molar-refractivity contribution is 6.00. The number of amides is 2. The van der Waals surface area contributed by atoms with Crippen molar-refractivity contribution in [3.8, 4) is 0 Å². The van der Waals surface area contributed by atoms with E-state index in [0.717, 1.165) is 6.29 Å². The quantitative estimate of drug-likeness (QED) is 0.633. The maximum absolute atomic E-state index is 11.8. The van der Waals surface area contributed by atoms with Gasteiger partial charge in [-0.2, -0.15) is 0 Å². The molecule has 19 heavy (non-hydrogen) atoms. The Bertz CT molecular complexity index is 689. The molecular formula is C13H11N3O3. The van der Waals surface area contributed by atoms with Crippen LogP contribution in [0.4, 0.5) is 0 Å². The molecule has 0 bridgehead atoms. The molecule has 2 aromatic rings. The number of fused-ring (bicyclic) bond motifs is 1. The second kappa shape index (κ2) is 4.31. The highest BCUT2D eigenvalue weighted by Crippen LogP contribution is 2.24. The largest absolute Gasteiger partial charge is 0.307 e. The van der Waals surface area contributed by atoms with E-state index in [4.69, 9.17) is 0 Å². The van der Waals surface area contributed by atoms with E-state index in [0.29, 0.717) is 29.7 Å². The Morgan fingerprint density at radius 3 is 3.00 bits per heavy atom. The molecule has 1 aliphatic heterocycles. The van der Waals surface area contributed by atoms with Gasteiger partial charge < -0.3 is 4.40 Å². The van der Waals surface area contributed by atoms with Crippen molar-refractivity contribution in [2.24, 2.45) is 0 Å². The molecule has 1 aliphatic rings. The molecule has 1 fully saturated rings. The highest BCUT2D eigenvalue weighted by Gasteiger charge is 2.29. The fourth-order valence-electron chi connectivity index (χ4n) is 2.23. The average Bonchev–Trinajstić information content (AvgIpc) is 2.80. The number of carbonyl (C=O) groups is 3. The second-order valence-corrected chi connectivity index (χ2v) is 4.51. The van der Waals surface area contributed by atoms with E-state index in [1.165, 1.54) is 0 Å². The molecule has 0 radical (unpaired) electrons. The molecular weight excluding hydrogens is 246 g/mol. The average molecular weight is 257 g/mol. The third kappa shape index (κ3) is 2.01. The van der Waals surface area contributed by atoms with E-state index in [9.17, 15) is 14.4 Å². The van der Waals surface area contributed by atoms with Gasteiger partial charge >= 0.3 is 0 Å². The number of hydrogen-bond acceptors (Lipinski definition) is 4. The van der Waals surface area contributed by atoms with Gasteiger partial charge in [-0.25, -0.2) is 4.98 Å². The Kier molecular flexibility index (Phi) is 2.63. The van der Waals surface area contributed by atoms with Crippen LogP contribution in [0.2, 0.25) is 0 Å². The summed E-state index contributed by atoms with van der Waals surface area (Å²) in [5.74, 6) is -0.958. The summed E-state index contributed by atoms with van der Waals surface area (Å²) >= 11 is 0. The van der Waals surface area contributed by atoms with Crippen molar-refractivity contribution in [3.05, 3.63) is 35.8 Å². The summed E-state index contributed by atoms with van der Waals surface area (Å²) in [6.45, 7) is 0. The van der Waals surface area contributed by atoms with Crippen LogP contribution in [-0.4, -0.2) is 27.5 Å². The van der Waals surface area contributed by atoms with Crippen molar-refractivity contribution in [2.75, 3.05) is 0 Å². The molecule has 3 rings (SSSR count). The van der Waals surface area contributed by atoms with Crippen LogP contribution < -0.4 is 5.32 Å². The van der Waals surface area contributed by atoms with Crippen LogP contribution in [0.3, 0.4) is 0 Å². The topological polar surface area (TPSA) is 80.5 Å². The van der Waals surface area contributed by atoms with Gasteiger partial charge in [0, 0.05) is 24.4 Å². The summed E-state index contributed by atoms with van der Waals surface area (Å²) in [6, 6.07) is 3.33. The van der Waals surface area contributed by atoms with E-state index in [2.05, 4.69) is 10.3 Å². The number of rotatable bonds is 2. The SMILES string of the molecule is O=Cc1ccn2cc(C3CCC(=O)NC3=O)nc2c1. The summed E-state index contributed by atoms with van der Waals surface area (Å²) in [4.78, 5) is 37.9. The van der Waals surface area contributed by atoms with Gasteiger partial charge in [-0.3, -0.25) is 19.7 Å². The molecule has 0 aliphatic carbocycles. The van der Waals surface area contributed by atoms with Gasteiger partial charge in [0.2, 0.25) is 11.8 Å². The lowest BCUT2D eigenvalue weighted by Crippen LogP contribution is -2.39. The summed E-state index contributed by atoms with van der Waals surface area (Å²) in [5, 5.41) is 2.31. The molecule has 2 aromatic heterocycles. The lowest BCUT2D eigenvalue weighted by Gasteiger charge is -2.18. The Morgan fingerprint density at radius 2 is 2.26 bits per heavy atom. The number of nitrogens with zero attached hydrogens (tertiary/aromatic N) is 2. The smallest absolute Gasteiger partial charge is 0.235 e. The van der Waals surface area contributed by atoms with Gasteiger partial charge in [0.25, 0.3) is 0 Å². The molecule has 6 nitrogen and oxygen atoms in total. The molecule has 3 heterocycles. The van der Waals surface area contributed by atoms with Crippen LogP contribution in [-0.2, 0) is 9.59 Å². The van der Waals surface area contributed by atoms with E-state index in [-0.39, 0.29) is 11.8 Å². The Hall–Kier alpha value is -2.50. The predicted molar refractivity (Wildman–Crippen MR) is 65.7 cm³/mol. The first kappa shape index (κ1) is 11.6. The summed E-state index contributed by atoms with van der Waals surface area (Å²) < 4.78 is 1.76. The number of hydrogen-bond donors (Lipinski definition) is 1. The van der Waals surface area contributed by atoms with Crippen molar-refractivity contribution in [1.82, 2.24) is 14.7 Å². The molecule has 0 aromatic carbocycles. The van der Waals surface area contributed by atoms with Crippen LogP contribution in [0.1, 0.15) is 34.8 Å². The summed E-state index contributed by atoms with van der Waals surface area (Å²) in [5.41, 5.74) is 1.77. The van der Waals surface area contributed by atoms with Gasteiger partial charge in [0.1, 0.15) is 11.9 Å². The predicted octanol–water partition coefficient (Wildman–Crippen LogP) is 0.667. The molecule has 6 heteroatoms. The van der Waals surface area contributed by atoms with E-state index in [1.54, 1.807) is 28.9 Å². The van der Waals surface area contributed by atoms with Crippen LogP contribution in [0.5, 0.6) is 0 Å². The van der Waals surface area contributed by atoms with Gasteiger partial charge in [0.05, 0.1) is 11.6 Å². The zero-order valence-corrected chi connectivity index (χ0v) is 10.00. The number of aldehydes is 1. The maximum atomic E-state index is 11.8. The van der Waals surface area contributed by atoms with Crippen LogP contribution in [0.25, 0.3) is 5.65 Å². The molecule has 96 valence electrons. The summed E-state index contributed by atoms with van der Waals surface area (Å²) in [6.07, 6.45) is 5.02. The number of nitrogens with one attached hydrogen (secondary N) is 1. The van der Waals surface area contributed by atoms with E-state index >= 15 is 0 Å². The Morgan fingerprint density at radius 1 is 1.42 bits per heavy atom. The molecule has 1 N–H and O–H groups in total. The minimum atomic E-state index is -0.405. The lowest BCUT2D eigenvalue weighted by molar-refractivity contribution is -0.134. The third-order valence-electron chi connectivity index (χ3n) is 3.24. The first-order valence-electron chi connectivity index (χ1n) is 5.95. The molecule has 1 saturated heterocycles. The zero-order valence-electron chi connectivity index (χ0n) is 10.00. The first-order valence-corrected chi connectivity index (χ1v) is 5.95. The van der Waals surface area contributed by atoms with Gasteiger partial charge in [-0.1, -0.05) is 0 Å². The van der Waals surface area contributed by atoms with E-state index in [1.807, 2.05) is 0 Å². The van der Waals surface area contributed by atoms with E-state index < -0.39 is 5.92 Å². The number of aromatic nitrogens is 2. The normalized spacial score (nSPS) is 19.5. The standard InChI is InChI=1S/C13H11N3O3/c17-7-8-3-4-16-6-10(14-11(16)5-8)9-1-2-12(18)15-13(9)19/h3-7,9H,1-2H2,(H,15,18,19). The molecule has 0 spiro atoms. The number of pyridine rings is 1. The first-order chi connectivity index (χ1) is 9.17. The monoisotopic (exact) mass is 257 g/mol. The fraction of sp³-hybridized carbons (Fsp3) is 0.231. The van der Waals surface area contributed by atoms with Crippen molar-refractivity contribution in [2.45, 2.75) is 18.8 Å². The Labute approximate surface area is 108 Å². The van der Waals surface area contributed by atoms with Crippen molar-refractivity contribution >= 4 is 23.7 Å². The zero-order chi connectivity index (χ0) is 13.4. The van der Waals surface area contributed by atoms with Crippen LogP contribution >= 0.6 is 0 Å². The van der Waals surface area contributed by atoms with Crippen molar-refractivity contribution in [1.29, 1.82) is 0 Å². The summed E-state index contributed by atoms with van der Waals surface area (Å²) in [7, 11) is 0. The maximum Gasteiger partial charge on any atom is 0.235 e. The number of carbonyl (C=O) groups excluding carboxylic acids is 3. The van der Waals surface area contributed by atoms with Crippen molar-refractivity contribution < 1.29 is 14.4 Å². The van der Waals surface area contributed by atoms with Gasteiger partial charge in [-0.05, 0) is 18.6 Å². The minimum absolute atomic E-state index is 0.242. The molecule has 0 saturated carbocycles. The third-order valence-corrected chi connectivity index (χ3v) is 3.24. The number of imidazole rings is 1. The number of piperidine rings is 1. The van der Waals surface area contributed by atoms with Crippen LogP contribution in [0.15, 0.2) is 24.5 Å². The van der Waals surface area contributed by atoms with Crippen LogP contribution in [0, 0.1) is 0 Å². The number of imide groups is 1. The minimum Gasteiger partial charge on any atom is -0.307 e. The van der Waals surface area contributed by atoms with Gasteiger partial charge in [-0.15, -0.1) is 0 Å². The highest BCUT2D eigenvalue weighted by atomic mass is 16.2. The molecule has 1 unspecified atom stereocenters. The Balaban J connectivity index is 1.99. The second-order valence-electron chi connectivity index (χ2n) is 4.51. The fourth-order valence-corrected chi connectivity index (χ4v) is 2.23. The van der Waals surface area contributed by atoms with Crippen molar-refractivity contribution in [3.63, 3.8) is 0 Å². The molecule has 2 amide bonds.